The number of hydrogen-bond donors (Lipinski definition) is 2. The Labute approximate surface area is 215 Å². The number of nitrogens with zero attached hydrogens (tertiary/aromatic N) is 4. The summed E-state index contributed by atoms with van der Waals surface area (Å²) >= 11 is 0. The maximum absolute atomic E-state index is 13.6. The van der Waals surface area contributed by atoms with Crippen LogP contribution < -0.4 is 20.3 Å². The van der Waals surface area contributed by atoms with E-state index in [1.165, 1.54) is 10.7 Å². The fourth-order valence-corrected chi connectivity index (χ4v) is 4.11. The van der Waals surface area contributed by atoms with Gasteiger partial charge in [0, 0.05) is 24.2 Å². The summed E-state index contributed by atoms with van der Waals surface area (Å²) in [6.45, 7) is 2.90. The molecule has 1 unspecified atom stereocenters. The van der Waals surface area contributed by atoms with Crippen LogP contribution in [0.3, 0.4) is 0 Å². The third-order valence-electron chi connectivity index (χ3n) is 5.92. The molecule has 1 fully saturated rings. The third kappa shape index (κ3) is 6.10. The van der Waals surface area contributed by atoms with Crippen molar-refractivity contribution in [2.45, 2.75) is 38.4 Å². The number of nitrogens with one attached hydrogen (secondary N) is 2. The molecule has 0 bridgehead atoms. The number of anilines is 2. The summed E-state index contributed by atoms with van der Waals surface area (Å²) in [4.78, 5) is 30.0. The number of aromatic nitrogens is 3. The molecule has 3 aromatic rings. The molecular formula is C23H25ClF4N6O3. The summed E-state index contributed by atoms with van der Waals surface area (Å²) in [5.41, 5.74) is -0.852. The number of urea groups is 1. The number of benzene rings is 1. The molecule has 9 nitrogen and oxygen atoms in total. The van der Waals surface area contributed by atoms with Gasteiger partial charge in [0.25, 0.3) is 0 Å². The number of carbonyl (C=O) groups excluding carboxylic acids is 2. The quantitative estimate of drug-likeness (QED) is 0.334. The monoisotopic (exact) mass is 544 g/mol. The minimum atomic E-state index is -4.96. The largest absolute Gasteiger partial charge is 0.476 e. The standard InChI is InChI=1S/C23H24F4N6O3.ClH/c1-13-16-11-19(21(30-20(16)32(2)31-13)36-9-7-14-4-3-8-28-14)33(12-34)22(35)29-15-5-6-18(24)17(10-15)23(25,26)27;/h5-6,10-12,14,28H,3-4,7-9H2,1-2H3,(H,29,35);1H. The minimum absolute atomic E-state index is 0. The molecule has 0 spiro atoms. The fourth-order valence-electron chi connectivity index (χ4n) is 4.11. The second kappa shape index (κ2) is 11.3. The molecule has 1 aromatic carbocycles. The van der Waals surface area contributed by atoms with Gasteiger partial charge in [-0.3, -0.25) is 9.48 Å². The van der Waals surface area contributed by atoms with Crippen LogP contribution in [-0.4, -0.2) is 46.4 Å². The molecule has 4 rings (SSSR count). The molecule has 0 radical (unpaired) electrons. The number of alkyl halides is 3. The number of halogens is 5. The zero-order chi connectivity index (χ0) is 26.0. The van der Waals surface area contributed by atoms with E-state index >= 15 is 0 Å². The number of fused-ring (bicyclic) bond motifs is 1. The van der Waals surface area contributed by atoms with Gasteiger partial charge < -0.3 is 15.4 Å². The lowest BCUT2D eigenvalue weighted by molar-refractivity contribution is -0.139. The van der Waals surface area contributed by atoms with Crippen molar-refractivity contribution >= 4 is 47.3 Å². The van der Waals surface area contributed by atoms with E-state index in [2.05, 4.69) is 20.7 Å². The molecule has 3 heterocycles. The first kappa shape index (κ1) is 28.1. The SMILES string of the molecule is Cc1nn(C)c2nc(OCCC3CCCN3)c(N(C=O)C(=O)Nc3ccc(F)c(C(F)(F)F)c3)cc12.Cl. The van der Waals surface area contributed by atoms with Gasteiger partial charge in [-0.1, -0.05) is 0 Å². The maximum atomic E-state index is 13.6. The van der Waals surface area contributed by atoms with E-state index in [1.54, 1.807) is 14.0 Å². The van der Waals surface area contributed by atoms with E-state index < -0.39 is 23.6 Å². The molecule has 1 aliphatic rings. The Kier molecular flexibility index (Phi) is 8.59. The number of aryl methyl sites for hydroxylation is 2. The van der Waals surface area contributed by atoms with Crippen molar-refractivity contribution < 1.29 is 31.9 Å². The van der Waals surface area contributed by atoms with Gasteiger partial charge in [-0.25, -0.2) is 14.1 Å². The predicted molar refractivity (Wildman–Crippen MR) is 131 cm³/mol. The summed E-state index contributed by atoms with van der Waals surface area (Å²) in [5.74, 6) is -1.50. The minimum Gasteiger partial charge on any atom is -0.476 e. The lowest BCUT2D eigenvalue weighted by atomic mass is 10.2. The van der Waals surface area contributed by atoms with Crippen LogP contribution in [0.1, 0.15) is 30.5 Å². The molecule has 14 heteroatoms. The summed E-state index contributed by atoms with van der Waals surface area (Å²) in [7, 11) is 1.69. The Morgan fingerprint density at radius 1 is 1.35 bits per heavy atom. The number of hydrogen-bond acceptors (Lipinski definition) is 6. The first-order valence-electron chi connectivity index (χ1n) is 11.2. The van der Waals surface area contributed by atoms with Crippen molar-refractivity contribution in [3.63, 3.8) is 0 Å². The zero-order valence-corrected chi connectivity index (χ0v) is 20.7. The van der Waals surface area contributed by atoms with E-state index in [1.807, 2.05) is 0 Å². The summed E-state index contributed by atoms with van der Waals surface area (Å²) in [5, 5.41) is 10.4. The van der Waals surface area contributed by atoms with Crippen LogP contribution in [0.15, 0.2) is 24.3 Å². The highest BCUT2D eigenvalue weighted by atomic mass is 35.5. The van der Waals surface area contributed by atoms with Crippen molar-refractivity contribution in [2.24, 2.45) is 7.05 Å². The van der Waals surface area contributed by atoms with Gasteiger partial charge in [0.1, 0.15) is 11.5 Å². The number of carbonyl (C=O) groups is 2. The number of pyridine rings is 1. The molecule has 0 saturated carbocycles. The average molecular weight is 545 g/mol. The van der Waals surface area contributed by atoms with Gasteiger partial charge in [-0.2, -0.15) is 23.3 Å². The highest BCUT2D eigenvalue weighted by Crippen LogP contribution is 2.34. The van der Waals surface area contributed by atoms with Gasteiger partial charge in [0.2, 0.25) is 12.3 Å². The molecule has 1 saturated heterocycles. The van der Waals surface area contributed by atoms with Crippen LogP contribution in [0, 0.1) is 12.7 Å². The van der Waals surface area contributed by atoms with Crippen molar-refractivity contribution in [2.75, 3.05) is 23.4 Å². The Balaban J connectivity index is 0.00000380. The molecular weight excluding hydrogens is 520 g/mol. The Morgan fingerprint density at radius 3 is 2.76 bits per heavy atom. The van der Waals surface area contributed by atoms with Crippen LogP contribution in [0.4, 0.5) is 33.7 Å². The Morgan fingerprint density at radius 2 is 2.11 bits per heavy atom. The topological polar surface area (TPSA) is 101 Å². The van der Waals surface area contributed by atoms with Crippen molar-refractivity contribution in [3.8, 4) is 5.88 Å². The lowest BCUT2D eigenvalue weighted by Gasteiger charge is -2.20. The van der Waals surface area contributed by atoms with E-state index in [0.29, 0.717) is 40.2 Å². The highest BCUT2D eigenvalue weighted by Gasteiger charge is 2.34. The second-order valence-corrected chi connectivity index (χ2v) is 8.42. The zero-order valence-electron chi connectivity index (χ0n) is 19.9. The third-order valence-corrected chi connectivity index (χ3v) is 5.92. The first-order chi connectivity index (χ1) is 17.1. The average Bonchev–Trinajstić information content (AvgIpc) is 3.43. The van der Waals surface area contributed by atoms with E-state index in [0.717, 1.165) is 25.5 Å². The van der Waals surface area contributed by atoms with Crippen LogP contribution in [-0.2, 0) is 18.0 Å². The Bertz CT molecular complexity index is 1290. The van der Waals surface area contributed by atoms with Crippen molar-refractivity contribution in [1.29, 1.82) is 0 Å². The first-order valence-corrected chi connectivity index (χ1v) is 11.2. The Hall–Kier alpha value is -3.45. The van der Waals surface area contributed by atoms with Crippen molar-refractivity contribution in [3.05, 3.63) is 41.3 Å². The molecule has 1 atom stereocenters. The number of rotatable bonds is 7. The number of amides is 3. The molecule has 200 valence electrons. The number of imide groups is 1. The predicted octanol–water partition coefficient (Wildman–Crippen LogP) is 4.57. The lowest BCUT2D eigenvalue weighted by Crippen LogP contribution is -2.34. The van der Waals surface area contributed by atoms with Gasteiger partial charge in [-0.15, -0.1) is 12.4 Å². The van der Waals surface area contributed by atoms with Crippen LogP contribution >= 0.6 is 12.4 Å². The van der Waals surface area contributed by atoms with Gasteiger partial charge >= 0.3 is 12.2 Å². The second-order valence-electron chi connectivity index (χ2n) is 8.42. The van der Waals surface area contributed by atoms with Crippen LogP contribution in [0.2, 0.25) is 0 Å². The number of ether oxygens (including phenoxy) is 1. The van der Waals surface area contributed by atoms with E-state index in [-0.39, 0.29) is 48.7 Å². The fraction of sp³-hybridized carbons (Fsp3) is 0.391. The van der Waals surface area contributed by atoms with Gasteiger partial charge in [0.05, 0.1) is 17.9 Å². The highest BCUT2D eigenvalue weighted by molar-refractivity contribution is 6.13. The molecule has 2 aromatic heterocycles. The smallest absolute Gasteiger partial charge is 0.419 e. The summed E-state index contributed by atoms with van der Waals surface area (Å²) in [6.07, 6.45) is -2.02. The molecule has 37 heavy (non-hydrogen) atoms. The maximum Gasteiger partial charge on any atom is 0.419 e. The molecule has 1 aliphatic heterocycles. The van der Waals surface area contributed by atoms with Gasteiger partial charge in [-0.05, 0) is 57.0 Å². The van der Waals surface area contributed by atoms with Crippen LogP contribution in [0.5, 0.6) is 5.88 Å². The molecule has 2 N–H and O–H groups in total. The summed E-state index contributed by atoms with van der Waals surface area (Å²) < 4.78 is 60.2. The van der Waals surface area contributed by atoms with Crippen molar-refractivity contribution in [1.82, 2.24) is 20.1 Å². The molecule has 3 amide bonds. The van der Waals surface area contributed by atoms with E-state index in [4.69, 9.17) is 4.74 Å². The summed E-state index contributed by atoms with van der Waals surface area (Å²) in [6, 6.07) is 2.71. The van der Waals surface area contributed by atoms with Gasteiger partial charge in [0.15, 0.2) is 5.65 Å². The van der Waals surface area contributed by atoms with Crippen LogP contribution in [0.25, 0.3) is 11.0 Å². The molecule has 0 aliphatic carbocycles. The van der Waals surface area contributed by atoms with E-state index in [9.17, 15) is 27.2 Å². The normalized spacial score (nSPS) is 15.4.